The number of carboxylic acids is 1. The van der Waals surface area contributed by atoms with E-state index in [1.54, 1.807) is 11.0 Å². The Hall–Kier alpha value is -4.04. The van der Waals surface area contributed by atoms with Crippen molar-refractivity contribution in [3.8, 4) is 22.4 Å². The predicted octanol–water partition coefficient (Wildman–Crippen LogP) is 2.81. The van der Waals surface area contributed by atoms with Gasteiger partial charge in [0.2, 0.25) is 5.91 Å². The van der Waals surface area contributed by atoms with E-state index in [9.17, 15) is 19.5 Å². The van der Waals surface area contributed by atoms with Gasteiger partial charge in [-0.05, 0) is 29.7 Å². The number of piperazine rings is 1. The van der Waals surface area contributed by atoms with E-state index in [-0.39, 0.29) is 24.4 Å². The molecule has 8 heteroatoms. The maximum absolute atomic E-state index is 13.3. The van der Waals surface area contributed by atoms with Crippen LogP contribution < -0.4 is 10.6 Å². The van der Waals surface area contributed by atoms with E-state index in [0.29, 0.717) is 31.9 Å². The van der Waals surface area contributed by atoms with Crippen molar-refractivity contribution in [3.63, 3.8) is 0 Å². The van der Waals surface area contributed by atoms with Crippen molar-refractivity contribution in [2.24, 2.45) is 0 Å². The number of rotatable bonds is 8. The molecule has 2 heterocycles. The first-order valence-corrected chi connectivity index (χ1v) is 11.7. The summed E-state index contributed by atoms with van der Waals surface area (Å²) < 4.78 is 0. The van der Waals surface area contributed by atoms with Crippen LogP contribution >= 0.6 is 0 Å². The van der Waals surface area contributed by atoms with Gasteiger partial charge in [-0.2, -0.15) is 0 Å². The molecule has 1 atom stereocenters. The third kappa shape index (κ3) is 6.30. The van der Waals surface area contributed by atoms with Crippen LogP contribution in [0.2, 0.25) is 0 Å². The Morgan fingerprint density at radius 2 is 1.54 bits per heavy atom. The fourth-order valence-corrected chi connectivity index (χ4v) is 4.06. The van der Waals surface area contributed by atoms with E-state index < -0.39 is 17.9 Å². The lowest BCUT2D eigenvalue weighted by Gasteiger charge is -2.31. The molecule has 1 saturated heterocycles. The highest BCUT2D eigenvalue weighted by Gasteiger charge is 2.28. The third-order valence-corrected chi connectivity index (χ3v) is 5.91. The van der Waals surface area contributed by atoms with Crippen LogP contribution in [-0.4, -0.2) is 65.0 Å². The molecule has 2 aromatic carbocycles. The number of carboxylic acid groups (broad SMARTS) is 1. The first kappa shape index (κ1) is 24.1. The molecule has 35 heavy (non-hydrogen) atoms. The van der Waals surface area contributed by atoms with Gasteiger partial charge < -0.3 is 20.6 Å². The van der Waals surface area contributed by atoms with Crippen LogP contribution in [0, 0.1) is 0 Å². The molecule has 180 valence electrons. The average molecular weight is 473 g/mol. The Kier molecular flexibility index (Phi) is 7.84. The molecule has 2 amide bonds. The normalized spacial score (nSPS) is 14.2. The molecular formula is C27H28N4O4. The molecule has 1 aliphatic rings. The Labute approximate surface area is 204 Å². The molecule has 0 aliphatic carbocycles. The first-order chi connectivity index (χ1) is 17.0. The molecule has 0 saturated carbocycles. The summed E-state index contributed by atoms with van der Waals surface area (Å²) in [5, 5.41) is 15.1. The van der Waals surface area contributed by atoms with Crippen molar-refractivity contribution in [1.29, 1.82) is 0 Å². The number of aromatic nitrogens is 1. The number of aliphatic carboxylic acids is 1. The molecule has 1 fully saturated rings. The van der Waals surface area contributed by atoms with Gasteiger partial charge in [0.1, 0.15) is 11.7 Å². The number of hydrogen-bond donors (Lipinski definition) is 3. The summed E-state index contributed by atoms with van der Waals surface area (Å²) >= 11 is 0. The molecule has 0 unspecified atom stereocenters. The number of hydrogen-bond acceptors (Lipinski definition) is 5. The summed E-state index contributed by atoms with van der Waals surface area (Å²) in [6.45, 7) is 2.34. The smallest absolute Gasteiger partial charge is 0.303 e. The molecule has 0 bridgehead atoms. The molecular weight excluding hydrogens is 444 g/mol. The van der Waals surface area contributed by atoms with Gasteiger partial charge in [-0.25, -0.2) is 4.98 Å². The minimum atomic E-state index is -1.02. The van der Waals surface area contributed by atoms with E-state index in [1.807, 2.05) is 66.7 Å². The van der Waals surface area contributed by atoms with Crippen molar-refractivity contribution in [3.05, 3.63) is 78.5 Å². The highest BCUT2D eigenvalue weighted by Crippen LogP contribution is 2.26. The highest BCUT2D eigenvalue weighted by atomic mass is 16.4. The lowest BCUT2D eigenvalue weighted by molar-refractivity contribution is -0.138. The van der Waals surface area contributed by atoms with Crippen molar-refractivity contribution >= 4 is 17.8 Å². The third-order valence-electron chi connectivity index (χ3n) is 5.91. The van der Waals surface area contributed by atoms with Crippen LogP contribution in [0.25, 0.3) is 22.4 Å². The fourth-order valence-electron chi connectivity index (χ4n) is 4.06. The van der Waals surface area contributed by atoms with Crippen LogP contribution in [0.15, 0.2) is 72.8 Å². The molecule has 1 aromatic heterocycles. The maximum atomic E-state index is 13.3. The van der Waals surface area contributed by atoms with Crippen LogP contribution in [0.3, 0.4) is 0 Å². The topological polar surface area (TPSA) is 112 Å². The monoisotopic (exact) mass is 472 g/mol. The zero-order chi connectivity index (χ0) is 24.6. The zero-order valence-electron chi connectivity index (χ0n) is 19.3. The molecule has 3 N–H and O–H groups in total. The van der Waals surface area contributed by atoms with E-state index in [0.717, 1.165) is 16.7 Å². The summed E-state index contributed by atoms with van der Waals surface area (Å²) in [4.78, 5) is 43.9. The maximum Gasteiger partial charge on any atom is 0.303 e. The van der Waals surface area contributed by atoms with Gasteiger partial charge >= 0.3 is 5.97 Å². The lowest BCUT2D eigenvalue weighted by Crippen LogP contribution is -2.54. The minimum Gasteiger partial charge on any atom is -0.481 e. The minimum absolute atomic E-state index is 0.00769. The summed E-state index contributed by atoms with van der Waals surface area (Å²) in [6, 6.07) is 21.9. The van der Waals surface area contributed by atoms with Gasteiger partial charge in [0, 0.05) is 38.2 Å². The van der Waals surface area contributed by atoms with E-state index >= 15 is 0 Å². The van der Waals surface area contributed by atoms with Crippen LogP contribution in [0.5, 0.6) is 0 Å². The molecule has 4 rings (SSSR count). The number of carbonyl (C=O) groups excluding carboxylic acids is 2. The summed E-state index contributed by atoms with van der Waals surface area (Å²) in [5.74, 6) is -1.81. The van der Waals surface area contributed by atoms with Gasteiger partial charge in [-0.1, -0.05) is 60.7 Å². The Morgan fingerprint density at radius 1 is 0.914 bits per heavy atom. The van der Waals surface area contributed by atoms with Crippen molar-refractivity contribution in [1.82, 2.24) is 20.5 Å². The van der Waals surface area contributed by atoms with E-state index in [1.165, 1.54) is 0 Å². The quantitative estimate of drug-likeness (QED) is 0.465. The first-order valence-electron chi connectivity index (χ1n) is 11.7. The van der Waals surface area contributed by atoms with Crippen molar-refractivity contribution < 1.29 is 19.5 Å². The second-order valence-electron chi connectivity index (χ2n) is 8.39. The summed E-state index contributed by atoms with van der Waals surface area (Å²) in [7, 11) is 0. The Morgan fingerprint density at radius 3 is 2.17 bits per heavy atom. The van der Waals surface area contributed by atoms with Crippen molar-refractivity contribution in [2.75, 3.05) is 26.2 Å². The van der Waals surface area contributed by atoms with Crippen molar-refractivity contribution in [2.45, 2.75) is 18.9 Å². The highest BCUT2D eigenvalue weighted by molar-refractivity contribution is 5.97. The van der Waals surface area contributed by atoms with Gasteiger partial charge in [-0.3, -0.25) is 14.4 Å². The Bertz CT molecular complexity index is 1120. The van der Waals surface area contributed by atoms with Gasteiger partial charge in [-0.15, -0.1) is 0 Å². The summed E-state index contributed by atoms with van der Waals surface area (Å²) in [5.41, 5.74) is 3.41. The summed E-state index contributed by atoms with van der Waals surface area (Å²) in [6.07, 6.45) is -0.219. The van der Waals surface area contributed by atoms with Crippen LogP contribution in [0.1, 0.15) is 23.3 Å². The fraction of sp³-hybridized carbons (Fsp3) is 0.259. The predicted molar refractivity (Wildman–Crippen MR) is 133 cm³/mol. The van der Waals surface area contributed by atoms with Gasteiger partial charge in [0.05, 0.1) is 5.69 Å². The van der Waals surface area contributed by atoms with E-state index in [4.69, 9.17) is 0 Å². The Balaban J connectivity index is 1.65. The zero-order valence-corrected chi connectivity index (χ0v) is 19.3. The largest absolute Gasteiger partial charge is 0.481 e. The number of carbonyl (C=O) groups is 3. The SMILES string of the molecule is O=C(O)CC[C@H](NC(=O)c1cc(-c2ccccc2)cc(-c2ccccc2)n1)C(=O)N1CCNCC1. The van der Waals surface area contributed by atoms with Gasteiger partial charge in [0.25, 0.3) is 5.91 Å². The number of nitrogens with one attached hydrogen (secondary N) is 2. The lowest BCUT2D eigenvalue weighted by atomic mass is 10.0. The molecule has 3 aromatic rings. The number of pyridine rings is 1. The van der Waals surface area contributed by atoms with Crippen LogP contribution in [0.4, 0.5) is 0 Å². The average Bonchev–Trinajstić information content (AvgIpc) is 2.91. The standard InChI is InChI=1S/C27H28N4O4/c32-25(33)12-11-22(27(35)31-15-13-28-14-16-31)30-26(34)24-18-21(19-7-3-1-4-8-19)17-23(29-24)20-9-5-2-6-10-20/h1-10,17-18,22,28H,11-16H2,(H,30,34)(H,32,33)/t22-/m0/s1. The molecule has 0 radical (unpaired) electrons. The second kappa shape index (κ2) is 11.4. The van der Waals surface area contributed by atoms with Crippen LogP contribution in [-0.2, 0) is 9.59 Å². The van der Waals surface area contributed by atoms with Gasteiger partial charge in [0.15, 0.2) is 0 Å². The molecule has 1 aliphatic heterocycles. The van der Waals surface area contributed by atoms with E-state index in [2.05, 4.69) is 15.6 Å². The second-order valence-corrected chi connectivity index (χ2v) is 8.39. The number of benzene rings is 2. The number of nitrogens with zero attached hydrogens (tertiary/aromatic N) is 2. The number of amides is 2. The molecule has 8 nitrogen and oxygen atoms in total. The molecule has 0 spiro atoms.